The molecule has 0 spiro atoms. The van der Waals surface area contributed by atoms with Crippen molar-refractivity contribution >= 4 is 0 Å². The molecule has 2 nitrogen and oxygen atoms in total. The van der Waals surface area contributed by atoms with Gasteiger partial charge in [-0.2, -0.15) is 0 Å². The van der Waals surface area contributed by atoms with Crippen LogP contribution in [-0.4, -0.2) is 0 Å². The van der Waals surface area contributed by atoms with Crippen molar-refractivity contribution in [1.29, 1.82) is 0 Å². The molecule has 0 unspecified atom stereocenters. The van der Waals surface area contributed by atoms with Crippen molar-refractivity contribution in [3.05, 3.63) is 59.7 Å². The second kappa shape index (κ2) is 3.11. The van der Waals surface area contributed by atoms with Crippen molar-refractivity contribution in [1.82, 2.24) is 0 Å². The smallest absolute Gasteiger partial charge is 0.143 e. The lowest BCUT2D eigenvalue weighted by molar-refractivity contribution is -0.412. The Balaban J connectivity index is 2.20. The highest BCUT2D eigenvalue weighted by Gasteiger charge is 2.25. The van der Waals surface area contributed by atoms with Gasteiger partial charge in [-0.1, -0.05) is 24.3 Å². The molecule has 74 valence electrons. The minimum Gasteiger partial charge on any atom is -0.456 e. The molecule has 1 heterocycles. The molecule has 0 fully saturated rings. The summed E-state index contributed by atoms with van der Waals surface area (Å²) in [4.78, 5) is 0. The maximum atomic E-state index is 5.81. The quantitative estimate of drug-likeness (QED) is 0.691. The van der Waals surface area contributed by atoms with Gasteiger partial charge in [-0.05, 0) is 24.3 Å². The van der Waals surface area contributed by atoms with Gasteiger partial charge in [-0.15, -0.1) is 0 Å². The normalized spacial score (nSPS) is 13.9. The number of hydrogen-bond donors (Lipinski definition) is 1. The van der Waals surface area contributed by atoms with Gasteiger partial charge < -0.3 is 10.5 Å². The zero-order chi connectivity index (χ0) is 10.3. The molecule has 0 saturated carbocycles. The first-order valence-corrected chi connectivity index (χ1v) is 5.05. The SMILES string of the molecule is [NH3+]C1c2ccccc2Oc2ccccc21. The fraction of sp³-hybridized carbons (Fsp3) is 0.0769. The Kier molecular flexibility index (Phi) is 1.76. The van der Waals surface area contributed by atoms with Gasteiger partial charge in [0, 0.05) is 0 Å². The topological polar surface area (TPSA) is 36.9 Å². The third-order valence-corrected chi connectivity index (χ3v) is 2.81. The second-order valence-electron chi connectivity index (χ2n) is 3.73. The molecule has 2 aromatic carbocycles. The molecule has 0 radical (unpaired) electrons. The van der Waals surface area contributed by atoms with Gasteiger partial charge in [0.25, 0.3) is 0 Å². The Morgan fingerprint density at radius 3 is 1.80 bits per heavy atom. The van der Waals surface area contributed by atoms with Crippen LogP contribution in [0.15, 0.2) is 48.5 Å². The molecule has 15 heavy (non-hydrogen) atoms. The summed E-state index contributed by atoms with van der Waals surface area (Å²) in [6.45, 7) is 0. The van der Waals surface area contributed by atoms with Crippen molar-refractivity contribution < 1.29 is 10.5 Å². The average Bonchev–Trinajstić information content (AvgIpc) is 2.30. The van der Waals surface area contributed by atoms with E-state index >= 15 is 0 Å². The Morgan fingerprint density at radius 1 is 0.800 bits per heavy atom. The minimum atomic E-state index is 0.172. The van der Waals surface area contributed by atoms with E-state index in [1.54, 1.807) is 0 Å². The maximum absolute atomic E-state index is 5.81. The first-order chi connectivity index (χ1) is 7.36. The number of ether oxygens (including phenoxy) is 1. The van der Waals surface area contributed by atoms with Crippen molar-refractivity contribution in [2.24, 2.45) is 0 Å². The zero-order valence-corrected chi connectivity index (χ0v) is 8.31. The van der Waals surface area contributed by atoms with Gasteiger partial charge >= 0.3 is 0 Å². The standard InChI is InChI=1S/C13H11NO/c14-13-9-5-1-3-7-11(9)15-12-8-4-2-6-10(12)13/h1-8,13H,14H2/p+1. The number of hydrogen-bond acceptors (Lipinski definition) is 1. The molecule has 3 rings (SSSR count). The van der Waals surface area contributed by atoms with Gasteiger partial charge in [-0.25, -0.2) is 0 Å². The summed E-state index contributed by atoms with van der Waals surface area (Å²) in [6.07, 6.45) is 0. The van der Waals surface area contributed by atoms with E-state index < -0.39 is 0 Å². The van der Waals surface area contributed by atoms with Crippen LogP contribution in [0.25, 0.3) is 0 Å². The number of benzene rings is 2. The summed E-state index contributed by atoms with van der Waals surface area (Å²) in [6, 6.07) is 16.3. The Hall–Kier alpha value is -1.80. The van der Waals surface area contributed by atoms with E-state index in [9.17, 15) is 0 Å². The van der Waals surface area contributed by atoms with Crippen LogP contribution in [0, 0.1) is 0 Å². The van der Waals surface area contributed by atoms with Crippen LogP contribution in [0.4, 0.5) is 0 Å². The second-order valence-corrected chi connectivity index (χ2v) is 3.73. The first kappa shape index (κ1) is 8.50. The summed E-state index contributed by atoms with van der Waals surface area (Å²) in [5.41, 5.74) is 6.53. The molecule has 1 aliphatic heterocycles. The third-order valence-electron chi connectivity index (χ3n) is 2.81. The average molecular weight is 198 g/mol. The number of rotatable bonds is 0. The van der Waals surface area contributed by atoms with Gasteiger partial charge in [0.1, 0.15) is 17.5 Å². The monoisotopic (exact) mass is 198 g/mol. The Morgan fingerprint density at radius 2 is 1.27 bits per heavy atom. The lowest BCUT2D eigenvalue weighted by atomic mass is 9.96. The summed E-state index contributed by atoms with van der Waals surface area (Å²) in [5, 5.41) is 0. The van der Waals surface area contributed by atoms with Crippen LogP contribution in [0.3, 0.4) is 0 Å². The van der Waals surface area contributed by atoms with Crippen LogP contribution < -0.4 is 10.5 Å². The predicted molar refractivity (Wildman–Crippen MR) is 57.7 cm³/mol. The van der Waals surface area contributed by atoms with E-state index in [2.05, 4.69) is 17.9 Å². The van der Waals surface area contributed by atoms with E-state index in [0.29, 0.717) is 0 Å². The summed E-state index contributed by atoms with van der Waals surface area (Å²) < 4.78 is 5.81. The van der Waals surface area contributed by atoms with E-state index in [-0.39, 0.29) is 6.04 Å². The lowest BCUT2D eigenvalue weighted by Gasteiger charge is -2.22. The fourth-order valence-electron chi connectivity index (χ4n) is 2.01. The maximum Gasteiger partial charge on any atom is 0.143 e. The van der Waals surface area contributed by atoms with Crippen molar-refractivity contribution in [2.45, 2.75) is 6.04 Å². The van der Waals surface area contributed by atoms with Crippen LogP contribution in [-0.2, 0) is 0 Å². The van der Waals surface area contributed by atoms with Gasteiger partial charge in [0.2, 0.25) is 0 Å². The molecule has 0 aliphatic carbocycles. The number of para-hydroxylation sites is 2. The van der Waals surface area contributed by atoms with E-state index in [0.717, 1.165) is 22.6 Å². The fourth-order valence-corrected chi connectivity index (χ4v) is 2.01. The third kappa shape index (κ3) is 1.22. The molecule has 2 heteroatoms. The van der Waals surface area contributed by atoms with E-state index in [1.807, 2.05) is 36.4 Å². The van der Waals surface area contributed by atoms with Crippen molar-refractivity contribution in [2.75, 3.05) is 0 Å². The lowest BCUT2D eigenvalue weighted by Crippen LogP contribution is -2.54. The minimum absolute atomic E-state index is 0.172. The number of fused-ring (bicyclic) bond motifs is 2. The van der Waals surface area contributed by atoms with E-state index in [1.165, 1.54) is 0 Å². The summed E-state index contributed by atoms with van der Waals surface area (Å²) in [5.74, 6) is 1.85. The molecule has 0 bridgehead atoms. The van der Waals surface area contributed by atoms with Gasteiger partial charge in [0.15, 0.2) is 0 Å². The molecule has 3 N–H and O–H groups in total. The van der Waals surface area contributed by atoms with Crippen LogP contribution in [0.1, 0.15) is 17.2 Å². The highest BCUT2D eigenvalue weighted by molar-refractivity contribution is 5.51. The molecular weight excluding hydrogens is 186 g/mol. The van der Waals surface area contributed by atoms with E-state index in [4.69, 9.17) is 4.74 Å². The molecular formula is C13H12NO+. The highest BCUT2D eigenvalue weighted by atomic mass is 16.5. The summed E-state index contributed by atoms with van der Waals surface area (Å²) in [7, 11) is 0. The zero-order valence-electron chi connectivity index (χ0n) is 8.31. The molecule has 0 saturated heterocycles. The van der Waals surface area contributed by atoms with Crippen molar-refractivity contribution in [3.8, 4) is 11.5 Å². The predicted octanol–water partition coefficient (Wildman–Crippen LogP) is 2.12. The molecule has 2 aromatic rings. The first-order valence-electron chi connectivity index (χ1n) is 5.05. The summed E-state index contributed by atoms with van der Waals surface area (Å²) >= 11 is 0. The highest BCUT2D eigenvalue weighted by Crippen LogP contribution is 2.39. The number of quaternary nitrogens is 1. The molecule has 0 atom stereocenters. The van der Waals surface area contributed by atoms with Crippen LogP contribution in [0.5, 0.6) is 11.5 Å². The molecule has 0 aromatic heterocycles. The Bertz CT molecular complexity index is 462. The van der Waals surface area contributed by atoms with Crippen LogP contribution in [0.2, 0.25) is 0 Å². The largest absolute Gasteiger partial charge is 0.456 e. The molecule has 1 aliphatic rings. The van der Waals surface area contributed by atoms with Gasteiger partial charge in [-0.3, -0.25) is 0 Å². The van der Waals surface area contributed by atoms with Crippen LogP contribution >= 0.6 is 0 Å². The Labute approximate surface area is 88.3 Å². The van der Waals surface area contributed by atoms with Crippen molar-refractivity contribution in [3.63, 3.8) is 0 Å². The van der Waals surface area contributed by atoms with Gasteiger partial charge in [0.05, 0.1) is 11.1 Å². The molecule has 0 amide bonds.